The van der Waals surface area contributed by atoms with Crippen LogP contribution in [0.25, 0.3) is 0 Å². The zero-order valence-electron chi connectivity index (χ0n) is 28.2. The molecule has 0 radical (unpaired) electrons. The fourth-order valence-electron chi connectivity index (χ4n) is 4.70. The lowest BCUT2D eigenvalue weighted by Crippen LogP contribution is -2.14. The minimum atomic E-state index is -0.682. The van der Waals surface area contributed by atoms with Gasteiger partial charge in [-0.15, -0.1) is 0 Å². The first-order valence-electron chi connectivity index (χ1n) is 17.2. The van der Waals surface area contributed by atoms with Gasteiger partial charge in [0.25, 0.3) is 0 Å². The van der Waals surface area contributed by atoms with Crippen molar-refractivity contribution in [3.63, 3.8) is 0 Å². The molecule has 0 spiro atoms. The van der Waals surface area contributed by atoms with Crippen molar-refractivity contribution in [2.75, 3.05) is 19.8 Å². The Balaban J connectivity index is 1.62. The lowest BCUT2D eigenvalue weighted by atomic mass is 10.1. The number of ether oxygens (including phenoxy) is 5. The summed E-state index contributed by atoms with van der Waals surface area (Å²) >= 11 is 0. The standard InChI is InChI=1S/C39H50O8/c1-4-7-10-12-14-27-43-32-20-16-30(17-21-32)37(40)46-34-24-25-36(35(29-34)39(42)45-26-9-6-3)47-38(41)31-18-22-33(23-19-31)44-28-15-13-11-8-5-2/h16-25,29H,4-15,26-28H2,1-3H3. The van der Waals surface area contributed by atoms with E-state index < -0.39 is 17.9 Å². The number of esters is 3. The molecule has 8 heteroatoms. The molecule has 3 aromatic rings. The summed E-state index contributed by atoms with van der Waals surface area (Å²) in [6.07, 6.45) is 13.0. The van der Waals surface area contributed by atoms with Crippen LogP contribution in [0.4, 0.5) is 0 Å². The van der Waals surface area contributed by atoms with E-state index in [0.717, 1.165) is 32.1 Å². The number of hydrogen-bond donors (Lipinski definition) is 0. The average molecular weight is 647 g/mol. The second-order valence-electron chi connectivity index (χ2n) is 11.5. The fraction of sp³-hybridized carbons (Fsp3) is 0.462. The summed E-state index contributed by atoms with van der Waals surface area (Å²) < 4.78 is 28.2. The molecule has 0 aromatic heterocycles. The van der Waals surface area contributed by atoms with Crippen molar-refractivity contribution in [2.45, 2.75) is 97.8 Å². The van der Waals surface area contributed by atoms with E-state index in [1.807, 2.05) is 6.92 Å². The second kappa shape index (κ2) is 21.5. The highest BCUT2D eigenvalue weighted by atomic mass is 16.6. The lowest BCUT2D eigenvalue weighted by molar-refractivity contribution is 0.0492. The van der Waals surface area contributed by atoms with Crippen LogP contribution in [0.3, 0.4) is 0 Å². The highest BCUT2D eigenvalue weighted by molar-refractivity contribution is 5.97. The van der Waals surface area contributed by atoms with E-state index in [1.165, 1.54) is 56.7 Å². The molecule has 0 unspecified atom stereocenters. The molecule has 0 aliphatic rings. The number of hydrogen-bond acceptors (Lipinski definition) is 8. The molecule has 8 nitrogen and oxygen atoms in total. The third kappa shape index (κ3) is 13.5. The molecule has 0 saturated carbocycles. The maximum Gasteiger partial charge on any atom is 0.343 e. The van der Waals surface area contributed by atoms with Gasteiger partial charge in [0.15, 0.2) is 0 Å². The minimum absolute atomic E-state index is 0.0000935. The van der Waals surface area contributed by atoms with E-state index in [2.05, 4.69) is 13.8 Å². The van der Waals surface area contributed by atoms with E-state index in [0.29, 0.717) is 42.3 Å². The number of carbonyl (C=O) groups is 3. The maximum absolute atomic E-state index is 13.0. The van der Waals surface area contributed by atoms with Crippen LogP contribution < -0.4 is 18.9 Å². The molecule has 254 valence electrons. The Morgan fingerprint density at radius 2 is 0.936 bits per heavy atom. The molecule has 0 bridgehead atoms. The monoisotopic (exact) mass is 646 g/mol. The number of benzene rings is 3. The number of rotatable bonds is 22. The predicted octanol–water partition coefficient (Wildman–Crippen LogP) is 9.78. The van der Waals surface area contributed by atoms with E-state index in [4.69, 9.17) is 23.7 Å². The van der Waals surface area contributed by atoms with Crippen molar-refractivity contribution < 1.29 is 38.1 Å². The normalized spacial score (nSPS) is 10.7. The SMILES string of the molecule is CCCCCCCOc1ccc(C(=O)Oc2ccc(OC(=O)c3ccc(OCCCCCCC)cc3)c(C(=O)OCCCC)c2)cc1. The van der Waals surface area contributed by atoms with Gasteiger partial charge in [-0.1, -0.05) is 78.6 Å². The summed E-state index contributed by atoms with van der Waals surface area (Å²) in [6, 6.07) is 17.6. The van der Waals surface area contributed by atoms with Crippen LogP contribution in [-0.4, -0.2) is 37.7 Å². The second-order valence-corrected chi connectivity index (χ2v) is 11.5. The number of carbonyl (C=O) groups excluding carboxylic acids is 3. The Morgan fingerprint density at radius 1 is 0.468 bits per heavy atom. The molecule has 47 heavy (non-hydrogen) atoms. The Hall–Kier alpha value is -4.33. The van der Waals surface area contributed by atoms with Gasteiger partial charge in [-0.3, -0.25) is 0 Å². The highest BCUT2D eigenvalue weighted by Gasteiger charge is 2.20. The summed E-state index contributed by atoms with van der Waals surface area (Å²) in [5.41, 5.74) is 0.599. The van der Waals surface area contributed by atoms with E-state index in [-0.39, 0.29) is 23.7 Å². The van der Waals surface area contributed by atoms with Crippen molar-refractivity contribution in [3.8, 4) is 23.0 Å². The summed E-state index contributed by atoms with van der Waals surface area (Å²) in [6.45, 7) is 7.81. The predicted molar refractivity (Wildman–Crippen MR) is 183 cm³/mol. The van der Waals surface area contributed by atoms with Gasteiger partial charge >= 0.3 is 17.9 Å². The van der Waals surface area contributed by atoms with Gasteiger partial charge in [-0.25, -0.2) is 14.4 Å². The molecule has 0 atom stereocenters. The summed E-state index contributed by atoms with van der Waals surface area (Å²) in [5.74, 6) is -0.469. The first-order valence-corrected chi connectivity index (χ1v) is 17.2. The van der Waals surface area contributed by atoms with Crippen LogP contribution in [0, 0.1) is 0 Å². The smallest absolute Gasteiger partial charge is 0.343 e. The molecular weight excluding hydrogens is 596 g/mol. The molecule has 0 amide bonds. The van der Waals surface area contributed by atoms with Crippen molar-refractivity contribution in [1.82, 2.24) is 0 Å². The van der Waals surface area contributed by atoms with Crippen molar-refractivity contribution in [3.05, 3.63) is 83.4 Å². The van der Waals surface area contributed by atoms with Gasteiger partial charge in [-0.2, -0.15) is 0 Å². The molecule has 0 N–H and O–H groups in total. The fourth-order valence-corrected chi connectivity index (χ4v) is 4.70. The van der Waals surface area contributed by atoms with Gasteiger partial charge in [0, 0.05) is 0 Å². The van der Waals surface area contributed by atoms with Crippen LogP contribution >= 0.6 is 0 Å². The van der Waals surface area contributed by atoms with Crippen LogP contribution in [0.15, 0.2) is 66.7 Å². The van der Waals surface area contributed by atoms with Gasteiger partial charge in [0.2, 0.25) is 0 Å². The Bertz CT molecular complexity index is 1360. The van der Waals surface area contributed by atoms with Crippen molar-refractivity contribution in [1.29, 1.82) is 0 Å². The Kier molecular flexibility index (Phi) is 17.0. The van der Waals surface area contributed by atoms with Gasteiger partial charge < -0.3 is 23.7 Å². The molecular formula is C39H50O8. The molecule has 0 fully saturated rings. The summed E-state index contributed by atoms with van der Waals surface area (Å²) in [4.78, 5) is 38.9. The first kappa shape index (κ1) is 37.1. The minimum Gasteiger partial charge on any atom is -0.494 e. The summed E-state index contributed by atoms with van der Waals surface area (Å²) in [7, 11) is 0. The van der Waals surface area contributed by atoms with Crippen LogP contribution in [0.5, 0.6) is 23.0 Å². The first-order chi connectivity index (χ1) is 22.9. The average Bonchev–Trinajstić information content (AvgIpc) is 3.09. The van der Waals surface area contributed by atoms with Gasteiger partial charge in [-0.05, 0) is 86.0 Å². The maximum atomic E-state index is 13.0. The zero-order chi connectivity index (χ0) is 33.7. The number of unbranched alkanes of at least 4 members (excludes halogenated alkanes) is 9. The lowest BCUT2D eigenvalue weighted by Gasteiger charge is -2.13. The third-order valence-electron chi connectivity index (χ3n) is 7.53. The highest BCUT2D eigenvalue weighted by Crippen LogP contribution is 2.28. The topological polar surface area (TPSA) is 97.4 Å². The Labute approximate surface area is 279 Å². The van der Waals surface area contributed by atoms with E-state index in [1.54, 1.807) is 48.5 Å². The van der Waals surface area contributed by atoms with E-state index in [9.17, 15) is 14.4 Å². The van der Waals surface area contributed by atoms with E-state index >= 15 is 0 Å². The zero-order valence-corrected chi connectivity index (χ0v) is 28.2. The van der Waals surface area contributed by atoms with Crippen molar-refractivity contribution >= 4 is 17.9 Å². The Morgan fingerprint density at radius 3 is 1.45 bits per heavy atom. The molecule has 0 aliphatic carbocycles. The largest absolute Gasteiger partial charge is 0.494 e. The molecule has 0 saturated heterocycles. The summed E-state index contributed by atoms with van der Waals surface area (Å²) in [5, 5.41) is 0. The third-order valence-corrected chi connectivity index (χ3v) is 7.53. The molecule has 3 aromatic carbocycles. The van der Waals surface area contributed by atoms with Gasteiger partial charge in [0.05, 0.1) is 30.9 Å². The van der Waals surface area contributed by atoms with Crippen LogP contribution in [-0.2, 0) is 4.74 Å². The molecule has 3 rings (SSSR count). The quantitative estimate of drug-likeness (QED) is 0.0605. The molecule has 0 aliphatic heterocycles. The van der Waals surface area contributed by atoms with Crippen molar-refractivity contribution in [2.24, 2.45) is 0 Å². The van der Waals surface area contributed by atoms with Crippen LogP contribution in [0.2, 0.25) is 0 Å². The molecule has 0 heterocycles. The van der Waals surface area contributed by atoms with Crippen LogP contribution in [0.1, 0.15) is 129 Å². The van der Waals surface area contributed by atoms with Gasteiger partial charge in [0.1, 0.15) is 28.6 Å².